The Morgan fingerprint density at radius 3 is 2.06 bits per heavy atom. The third kappa shape index (κ3) is 2.59. The van der Waals surface area contributed by atoms with E-state index < -0.39 is 17.6 Å². The van der Waals surface area contributed by atoms with Crippen molar-refractivity contribution in [2.45, 2.75) is 123 Å². The Kier molecular flexibility index (Phi) is 5.06. The van der Waals surface area contributed by atoms with Crippen molar-refractivity contribution in [1.82, 2.24) is 0 Å². The van der Waals surface area contributed by atoms with E-state index in [4.69, 9.17) is 4.74 Å². The maximum absolute atomic E-state index is 11.9. The van der Waals surface area contributed by atoms with Gasteiger partial charge < -0.3 is 25.2 Å². The Morgan fingerprint density at radius 2 is 1.37 bits per heavy atom. The summed E-state index contributed by atoms with van der Waals surface area (Å²) < 4.78 is 6.99. The first kappa shape index (κ1) is 25.1. The summed E-state index contributed by atoms with van der Waals surface area (Å²) in [6, 6.07) is 0. The number of hydrogen-bond acceptors (Lipinski definition) is 5. The average Bonchev–Trinajstić information content (AvgIpc) is 3.06. The van der Waals surface area contributed by atoms with Crippen LogP contribution in [0.4, 0.5) is 0 Å². The van der Waals surface area contributed by atoms with Crippen LogP contribution in [0.5, 0.6) is 0 Å². The summed E-state index contributed by atoms with van der Waals surface area (Å²) in [6.07, 6.45) is 6.82. The maximum atomic E-state index is 11.9. The van der Waals surface area contributed by atoms with Crippen LogP contribution in [0.1, 0.15) is 99.3 Å². The molecule has 35 heavy (non-hydrogen) atoms. The van der Waals surface area contributed by atoms with E-state index in [0.717, 1.165) is 44.9 Å². The first-order valence-corrected chi connectivity index (χ1v) is 14.5. The van der Waals surface area contributed by atoms with Crippen molar-refractivity contribution in [2.24, 2.45) is 50.2 Å². The molecule has 0 amide bonds. The van der Waals surface area contributed by atoms with Gasteiger partial charge >= 0.3 is 0 Å². The van der Waals surface area contributed by atoms with Crippen molar-refractivity contribution in [2.75, 3.05) is 13.2 Å². The number of fused-ring (bicyclic) bond motifs is 4. The fraction of sp³-hybridized carbons (Fsp3) is 1.00. The molecule has 12 atom stereocenters. The van der Waals surface area contributed by atoms with Crippen molar-refractivity contribution < 1.29 is 25.2 Å². The summed E-state index contributed by atoms with van der Waals surface area (Å²) in [5.41, 5.74) is -1.39. The molecule has 5 saturated carbocycles. The van der Waals surface area contributed by atoms with Crippen molar-refractivity contribution in [1.29, 1.82) is 0 Å². The summed E-state index contributed by atoms with van der Waals surface area (Å²) in [5, 5.41) is 44.6. The molecule has 1 heterocycles. The van der Waals surface area contributed by atoms with Crippen LogP contribution in [0.3, 0.4) is 0 Å². The van der Waals surface area contributed by atoms with Crippen molar-refractivity contribution >= 4 is 0 Å². The van der Waals surface area contributed by atoms with E-state index in [1.807, 2.05) is 0 Å². The van der Waals surface area contributed by atoms with Crippen LogP contribution < -0.4 is 0 Å². The molecule has 1 aliphatic heterocycles. The Hall–Kier alpha value is -0.200. The summed E-state index contributed by atoms with van der Waals surface area (Å²) in [5.74, 6) is 1.09. The molecule has 5 nitrogen and oxygen atoms in total. The van der Waals surface area contributed by atoms with Gasteiger partial charge in [-0.2, -0.15) is 0 Å². The minimum Gasteiger partial charge on any atom is -0.396 e. The SMILES string of the molecule is CC1(CO)CC(O)C23COC4(CCC5C6(C)CCC(O)C(C)(C)C6CCC5(C)C4(C)CC2O)C3C1. The molecule has 1 spiro atoms. The molecule has 5 heteroatoms. The first-order chi connectivity index (χ1) is 16.2. The number of rotatable bonds is 1. The number of hydrogen-bond donors (Lipinski definition) is 4. The summed E-state index contributed by atoms with van der Waals surface area (Å²) >= 11 is 0. The molecule has 0 aromatic heterocycles. The zero-order valence-corrected chi connectivity index (χ0v) is 22.9. The van der Waals surface area contributed by atoms with Gasteiger partial charge in [0.15, 0.2) is 0 Å². The lowest BCUT2D eigenvalue weighted by molar-refractivity contribution is -0.305. The Bertz CT molecular complexity index is 905. The minimum absolute atomic E-state index is 0.0182. The average molecular weight is 491 g/mol. The molecule has 200 valence electrons. The molecule has 0 aromatic carbocycles. The second-order valence-corrected chi connectivity index (χ2v) is 15.8. The predicted octanol–water partition coefficient (Wildman–Crippen LogP) is 4.30. The predicted molar refractivity (Wildman–Crippen MR) is 134 cm³/mol. The maximum Gasteiger partial charge on any atom is 0.0778 e. The summed E-state index contributed by atoms with van der Waals surface area (Å²) in [7, 11) is 0. The summed E-state index contributed by atoms with van der Waals surface area (Å²) in [6.45, 7) is 14.6. The Morgan fingerprint density at radius 1 is 0.714 bits per heavy atom. The molecule has 6 aliphatic rings. The van der Waals surface area contributed by atoms with Crippen LogP contribution in [0.15, 0.2) is 0 Å². The lowest BCUT2D eigenvalue weighted by atomic mass is 9.30. The molecular formula is C30H50O5. The van der Waals surface area contributed by atoms with Gasteiger partial charge in [0.25, 0.3) is 0 Å². The van der Waals surface area contributed by atoms with E-state index in [1.165, 1.54) is 0 Å². The van der Waals surface area contributed by atoms with E-state index in [0.29, 0.717) is 31.3 Å². The highest BCUT2D eigenvalue weighted by Crippen LogP contribution is 2.80. The van der Waals surface area contributed by atoms with E-state index in [-0.39, 0.29) is 51.3 Å². The Labute approximate surface area is 212 Å². The van der Waals surface area contributed by atoms with Gasteiger partial charge in [-0.1, -0.05) is 41.5 Å². The van der Waals surface area contributed by atoms with Gasteiger partial charge in [-0.15, -0.1) is 0 Å². The molecule has 0 radical (unpaired) electrons. The molecule has 4 N–H and O–H groups in total. The lowest BCUT2D eigenvalue weighted by Gasteiger charge is -2.75. The molecular weight excluding hydrogens is 440 g/mol. The highest BCUT2D eigenvalue weighted by Gasteiger charge is 2.81. The lowest BCUT2D eigenvalue weighted by Crippen LogP contribution is -2.75. The first-order valence-electron chi connectivity index (χ1n) is 14.5. The Balaban J connectivity index is 1.46. The zero-order chi connectivity index (χ0) is 25.4. The van der Waals surface area contributed by atoms with Crippen LogP contribution in [0.25, 0.3) is 0 Å². The molecule has 2 bridgehead atoms. The normalized spacial score (nSPS) is 62.9. The second-order valence-electron chi connectivity index (χ2n) is 15.8. The number of aliphatic hydroxyl groups is 4. The topological polar surface area (TPSA) is 90.2 Å². The van der Waals surface area contributed by atoms with Crippen molar-refractivity contribution in [3.05, 3.63) is 0 Å². The van der Waals surface area contributed by atoms with Crippen LogP contribution in [-0.4, -0.2) is 57.6 Å². The quantitative estimate of drug-likeness (QED) is 0.440. The van der Waals surface area contributed by atoms with Gasteiger partial charge in [-0.3, -0.25) is 0 Å². The van der Waals surface area contributed by atoms with Gasteiger partial charge in [0.05, 0.1) is 35.9 Å². The molecule has 0 aromatic rings. The fourth-order valence-corrected chi connectivity index (χ4v) is 12.2. The number of aliphatic hydroxyl groups excluding tert-OH is 4. The third-order valence-electron chi connectivity index (χ3n) is 14.4. The van der Waals surface area contributed by atoms with E-state index in [9.17, 15) is 20.4 Å². The van der Waals surface area contributed by atoms with Gasteiger partial charge in [0.1, 0.15) is 0 Å². The van der Waals surface area contributed by atoms with Gasteiger partial charge in [0.2, 0.25) is 0 Å². The molecule has 12 unspecified atom stereocenters. The molecule has 6 rings (SSSR count). The van der Waals surface area contributed by atoms with Crippen LogP contribution in [0, 0.1) is 50.2 Å². The second kappa shape index (κ2) is 7.05. The largest absolute Gasteiger partial charge is 0.396 e. The smallest absolute Gasteiger partial charge is 0.0778 e. The highest BCUT2D eigenvalue weighted by atomic mass is 16.5. The molecule has 5 aliphatic carbocycles. The van der Waals surface area contributed by atoms with E-state index in [2.05, 4.69) is 41.5 Å². The fourth-order valence-electron chi connectivity index (χ4n) is 12.2. The van der Waals surface area contributed by atoms with E-state index >= 15 is 0 Å². The van der Waals surface area contributed by atoms with Gasteiger partial charge in [0, 0.05) is 17.9 Å². The minimum atomic E-state index is -0.642. The van der Waals surface area contributed by atoms with Gasteiger partial charge in [-0.05, 0) is 91.3 Å². The van der Waals surface area contributed by atoms with Crippen molar-refractivity contribution in [3.63, 3.8) is 0 Å². The van der Waals surface area contributed by atoms with Crippen LogP contribution in [0.2, 0.25) is 0 Å². The van der Waals surface area contributed by atoms with Crippen LogP contribution in [-0.2, 0) is 4.74 Å². The zero-order valence-electron chi connectivity index (χ0n) is 22.9. The highest BCUT2D eigenvalue weighted by molar-refractivity contribution is 5.29. The monoisotopic (exact) mass is 490 g/mol. The van der Waals surface area contributed by atoms with Gasteiger partial charge in [-0.25, -0.2) is 0 Å². The molecule has 6 fully saturated rings. The summed E-state index contributed by atoms with van der Waals surface area (Å²) in [4.78, 5) is 0. The van der Waals surface area contributed by atoms with Crippen LogP contribution >= 0.6 is 0 Å². The van der Waals surface area contributed by atoms with Crippen molar-refractivity contribution in [3.8, 4) is 0 Å². The molecule has 1 saturated heterocycles. The van der Waals surface area contributed by atoms with E-state index in [1.54, 1.807) is 0 Å². The number of ether oxygens (including phenoxy) is 1. The standard InChI is InChI=1S/C30H50O5/c1-24(2)18-7-11-27(5)19(26(18,4)10-9-21(24)32)8-12-30-20-13-25(3,16-31)14-22(33)29(20,17-35-30)23(34)15-28(27,30)6/h18-23,31-34H,7-17H2,1-6H3. The third-order valence-corrected chi connectivity index (χ3v) is 14.4.